The molecule has 0 saturated heterocycles. The normalized spacial score (nSPS) is 13.4. The maximum atomic E-state index is 12.7. The Morgan fingerprint density at radius 3 is 2.66 bits per heavy atom. The predicted octanol–water partition coefficient (Wildman–Crippen LogP) is 3.11. The summed E-state index contributed by atoms with van der Waals surface area (Å²) in [5, 5.41) is 3.64. The van der Waals surface area contributed by atoms with Gasteiger partial charge in [0.1, 0.15) is 5.03 Å². The van der Waals surface area contributed by atoms with Crippen LogP contribution in [0.15, 0.2) is 34.1 Å². The Hall–Kier alpha value is -2.12. The van der Waals surface area contributed by atoms with Crippen LogP contribution in [0, 0.1) is 6.92 Å². The van der Waals surface area contributed by atoms with E-state index < -0.39 is 0 Å². The molecule has 3 rings (SSSR count). The molecule has 1 amide bonds. The average molecular weight is 415 g/mol. The van der Waals surface area contributed by atoms with Gasteiger partial charge in [0.05, 0.1) is 5.75 Å². The number of carbonyl (C=O) groups is 1. The van der Waals surface area contributed by atoms with E-state index in [1.165, 1.54) is 11.8 Å². The number of aromatic nitrogens is 2. The van der Waals surface area contributed by atoms with Crippen molar-refractivity contribution in [2.75, 3.05) is 31.7 Å². The minimum absolute atomic E-state index is 0.0830. The Morgan fingerprint density at radius 1 is 1.21 bits per heavy atom. The molecule has 0 bridgehead atoms. The molecule has 0 radical (unpaired) electrons. The van der Waals surface area contributed by atoms with Crippen LogP contribution in [0.1, 0.15) is 36.1 Å². The van der Waals surface area contributed by atoms with Crippen LogP contribution >= 0.6 is 11.8 Å². The van der Waals surface area contributed by atoms with E-state index in [4.69, 9.17) is 0 Å². The van der Waals surface area contributed by atoms with E-state index in [0.29, 0.717) is 6.54 Å². The Bertz CT molecular complexity index is 906. The highest BCUT2D eigenvalue weighted by Gasteiger charge is 2.21. The molecule has 0 saturated carbocycles. The number of fused-ring (bicyclic) bond motifs is 1. The highest BCUT2D eigenvalue weighted by molar-refractivity contribution is 8.00. The van der Waals surface area contributed by atoms with Crippen molar-refractivity contribution in [3.63, 3.8) is 0 Å². The van der Waals surface area contributed by atoms with Crippen LogP contribution in [-0.4, -0.2) is 46.8 Å². The summed E-state index contributed by atoms with van der Waals surface area (Å²) >= 11 is 1.37. The second-order valence-corrected chi connectivity index (χ2v) is 8.81. The third-order valence-corrected chi connectivity index (χ3v) is 6.13. The molecule has 1 aliphatic rings. The van der Waals surface area contributed by atoms with E-state index >= 15 is 0 Å². The molecule has 1 N–H and O–H groups in total. The van der Waals surface area contributed by atoms with Crippen LogP contribution in [0.2, 0.25) is 0 Å². The van der Waals surface area contributed by atoms with E-state index in [-0.39, 0.29) is 17.3 Å². The van der Waals surface area contributed by atoms with Gasteiger partial charge in [-0.3, -0.25) is 9.36 Å². The zero-order chi connectivity index (χ0) is 20.8. The van der Waals surface area contributed by atoms with E-state index in [9.17, 15) is 9.59 Å². The molecular weight excluding hydrogens is 384 g/mol. The summed E-state index contributed by atoms with van der Waals surface area (Å²) in [5.41, 5.74) is 4.03. The molecule has 6 nitrogen and oxygen atoms in total. The number of hydrogen-bond acceptors (Lipinski definition) is 5. The van der Waals surface area contributed by atoms with Crippen molar-refractivity contribution in [3.05, 3.63) is 51.6 Å². The lowest BCUT2D eigenvalue weighted by Gasteiger charge is -2.23. The van der Waals surface area contributed by atoms with Crippen molar-refractivity contribution >= 4 is 23.4 Å². The molecule has 0 spiro atoms. The van der Waals surface area contributed by atoms with Crippen LogP contribution in [0.4, 0.5) is 5.69 Å². The summed E-state index contributed by atoms with van der Waals surface area (Å²) in [6, 6.07) is 7.73. The molecule has 0 unspecified atom stereocenters. The van der Waals surface area contributed by atoms with Crippen molar-refractivity contribution in [1.29, 1.82) is 0 Å². The molecular formula is C22H30N4O2S. The van der Waals surface area contributed by atoms with Crippen molar-refractivity contribution in [2.24, 2.45) is 0 Å². The van der Waals surface area contributed by atoms with Gasteiger partial charge in [0, 0.05) is 23.5 Å². The van der Waals surface area contributed by atoms with Crippen LogP contribution in [-0.2, 0) is 24.2 Å². The van der Waals surface area contributed by atoms with E-state index in [0.717, 1.165) is 66.2 Å². The summed E-state index contributed by atoms with van der Waals surface area (Å²) < 4.78 is 1.86. The second-order valence-electron chi connectivity index (χ2n) is 7.84. The Labute approximate surface area is 176 Å². The van der Waals surface area contributed by atoms with Gasteiger partial charge in [0.25, 0.3) is 0 Å². The number of carbonyl (C=O) groups excluding carboxylic acids is 1. The smallest absolute Gasteiger partial charge is 0.325 e. The molecule has 0 aliphatic heterocycles. The van der Waals surface area contributed by atoms with Crippen molar-refractivity contribution in [3.8, 4) is 0 Å². The maximum Gasteiger partial charge on any atom is 0.348 e. The molecule has 1 aromatic heterocycles. The number of anilines is 1. The molecule has 2 aromatic rings. The zero-order valence-electron chi connectivity index (χ0n) is 17.5. The highest BCUT2D eigenvalue weighted by atomic mass is 32.2. The van der Waals surface area contributed by atoms with E-state index in [1.807, 2.05) is 49.9 Å². The predicted molar refractivity (Wildman–Crippen MR) is 119 cm³/mol. The Morgan fingerprint density at radius 2 is 1.93 bits per heavy atom. The van der Waals surface area contributed by atoms with Gasteiger partial charge in [-0.25, -0.2) is 4.79 Å². The molecule has 156 valence electrons. The van der Waals surface area contributed by atoms with Crippen LogP contribution in [0.3, 0.4) is 0 Å². The van der Waals surface area contributed by atoms with Crippen LogP contribution in [0.25, 0.3) is 0 Å². The minimum Gasteiger partial charge on any atom is -0.325 e. The molecule has 1 aliphatic carbocycles. The number of rotatable bonds is 8. The van der Waals surface area contributed by atoms with Crippen molar-refractivity contribution < 1.29 is 4.79 Å². The molecule has 0 atom stereocenters. The average Bonchev–Trinajstić information content (AvgIpc) is 2.69. The lowest BCUT2D eigenvalue weighted by Crippen LogP contribution is -2.31. The van der Waals surface area contributed by atoms with Gasteiger partial charge in [-0.2, -0.15) is 4.98 Å². The molecule has 29 heavy (non-hydrogen) atoms. The Balaban J connectivity index is 1.70. The number of amides is 1. The summed E-state index contributed by atoms with van der Waals surface area (Å²) in [6.45, 7) is 3.65. The fourth-order valence-electron chi connectivity index (χ4n) is 3.61. The first-order valence-electron chi connectivity index (χ1n) is 10.2. The van der Waals surface area contributed by atoms with E-state index in [2.05, 4.69) is 15.2 Å². The molecule has 7 heteroatoms. The summed E-state index contributed by atoms with van der Waals surface area (Å²) in [7, 11) is 4.08. The standard InChI is InChI=1S/C22H30N4O2S/c1-16-9-11-17(12-10-16)23-20(27)15-29-21-18-7-4-5-8-19(18)26(22(28)24-21)14-6-13-25(2)3/h9-12H,4-8,13-15H2,1-3H3,(H,23,27). The van der Waals surface area contributed by atoms with Crippen molar-refractivity contribution in [2.45, 2.75) is 50.6 Å². The van der Waals surface area contributed by atoms with Crippen LogP contribution in [0.5, 0.6) is 0 Å². The van der Waals surface area contributed by atoms with Crippen molar-refractivity contribution in [1.82, 2.24) is 14.5 Å². The fourth-order valence-corrected chi connectivity index (χ4v) is 4.49. The van der Waals surface area contributed by atoms with Crippen LogP contribution < -0.4 is 11.0 Å². The summed E-state index contributed by atoms with van der Waals surface area (Å²) in [4.78, 5) is 31.5. The van der Waals surface area contributed by atoms with Gasteiger partial charge < -0.3 is 10.2 Å². The monoisotopic (exact) mass is 414 g/mol. The topological polar surface area (TPSA) is 67.2 Å². The minimum atomic E-state index is -0.189. The number of benzene rings is 1. The fraction of sp³-hybridized carbons (Fsp3) is 0.500. The van der Waals surface area contributed by atoms with Gasteiger partial charge in [-0.05, 0) is 71.8 Å². The second kappa shape index (κ2) is 10.1. The SMILES string of the molecule is Cc1ccc(NC(=O)CSc2nc(=O)n(CCCN(C)C)c3c2CCCC3)cc1. The first kappa shape index (κ1) is 21.6. The lowest BCUT2D eigenvalue weighted by atomic mass is 9.97. The van der Waals surface area contributed by atoms with Gasteiger partial charge >= 0.3 is 5.69 Å². The number of hydrogen-bond donors (Lipinski definition) is 1. The number of nitrogens with one attached hydrogen (secondary N) is 1. The lowest BCUT2D eigenvalue weighted by molar-refractivity contribution is -0.113. The molecule has 1 heterocycles. The summed E-state index contributed by atoms with van der Waals surface area (Å²) in [6.07, 6.45) is 4.97. The van der Waals surface area contributed by atoms with Gasteiger partial charge in [-0.15, -0.1) is 0 Å². The third kappa shape index (κ3) is 5.93. The number of thioether (sulfide) groups is 1. The Kier molecular flexibility index (Phi) is 7.50. The first-order valence-corrected chi connectivity index (χ1v) is 11.2. The van der Waals surface area contributed by atoms with E-state index in [1.54, 1.807) is 0 Å². The molecule has 0 fully saturated rings. The quantitative estimate of drug-likeness (QED) is 0.531. The van der Waals surface area contributed by atoms with Gasteiger partial charge in [0.2, 0.25) is 5.91 Å². The summed E-state index contributed by atoms with van der Waals surface area (Å²) in [5.74, 6) is 0.164. The number of nitrogens with zero attached hydrogens (tertiary/aromatic N) is 3. The number of aryl methyl sites for hydroxylation is 1. The molecule has 1 aromatic carbocycles. The third-order valence-electron chi connectivity index (χ3n) is 5.11. The zero-order valence-corrected chi connectivity index (χ0v) is 18.3. The van der Waals surface area contributed by atoms with Gasteiger partial charge in [0.15, 0.2) is 0 Å². The van der Waals surface area contributed by atoms with Gasteiger partial charge in [-0.1, -0.05) is 29.5 Å². The largest absolute Gasteiger partial charge is 0.348 e. The maximum absolute atomic E-state index is 12.7. The highest BCUT2D eigenvalue weighted by Crippen LogP contribution is 2.28. The first-order chi connectivity index (χ1) is 13.9.